The lowest BCUT2D eigenvalue weighted by Gasteiger charge is -2.39. The number of amides is 1. The van der Waals surface area contributed by atoms with E-state index < -0.39 is 5.82 Å². The van der Waals surface area contributed by atoms with Gasteiger partial charge in [-0.3, -0.25) is 4.79 Å². The molecule has 108 valence electrons. The molecule has 1 saturated heterocycles. The maximum atomic E-state index is 13.8. The Hall–Kier alpha value is -1.03. The SMILES string of the molecule is O=C(c1cc(S)ccc1F)N1CCC2(CCCC2)CC1. The van der Waals surface area contributed by atoms with Crippen LogP contribution in [0, 0.1) is 11.2 Å². The summed E-state index contributed by atoms with van der Waals surface area (Å²) in [6.07, 6.45) is 7.39. The molecule has 0 bridgehead atoms. The lowest BCUT2D eigenvalue weighted by atomic mass is 9.77. The number of nitrogens with zero attached hydrogens (tertiary/aromatic N) is 1. The van der Waals surface area contributed by atoms with Crippen molar-refractivity contribution in [2.75, 3.05) is 13.1 Å². The third-order valence-corrected chi connectivity index (χ3v) is 5.23. The molecule has 0 unspecified atom stereocenters. The minimum Gasteiger partial charge on any atom is -0.339 e. The summed E-state index contributed by atoms with van der Waals surface area (Å²) in [6.45, 7) is 1.52. The number of piperidine rings is 1. The van der Waals surface area contributed by atoms with Gasteiger partial charge in [-0.05, 0) is 49.3 Å². The van der Waals surface area contributed by atoms with E-state index in [1.165, 1.54) is 37.8 Å². The third-order valence-electron chi connectivity index (χ3n) is 4.96. The van der Waals surface area contributed by atoms with Crippen molar-refractivity contribution in [2.24, 2.45) is 5.41 Å². The van der Waals surface area contributed by atoms with Gasteiger partial charge in [-0.25, -0.2) is 4.39 Å². The Bertz CT molecular complexity index is 515. The first-order valence-corrected chi connectivity index (χ1v) is 7.82. The van der Waals surface area contributed by atoms with Crippen LogP contribution in [0.25, 0.3) is 0 Å². The fraction of sp³-hybridized carbons (Fsp3) is 0.562. The molecule has 1 amide bonds. The minimum atomic E-state index is -0.450. The molecule has 2 aliphatic rings. The summed E-state index contributed by atoms with van der Waals surface area (Å²) in [5.74, 6) is -0.639. The predicted octanol–water partition coefficient (Wildman–Crippen LogP) is 3.91. The number of rotatable bonds is 1. The van der Waals surface area contributed by atoms with Gasteiger partial charge in [0.2, 0.25) is 0 Å². The topological polar surface area (TPSA) is 20.3 Å². The summed E-state index contributed by atoms with van der Waals surface area (Å²) in [7, 11) is 0. The molecule has 4 heteroatoms. The molecule has 2 nitrogen and oxygen atoms in total. The summed E-state index contributed by atoms with van der Waals surface area (Å²) in [4.78, 5) is 14.9. The lowest BCUT2D eigenvalue weighted by molar-refractivity contribution is 0.0583. The third kappa shape index (κ3) is 2.58. The zero-order valence-electron chi connectivity index (χ0n) is 11.6. The zero-order chi connectivity index (χ0) is 14.2. The van der Waals surface area contributed by atoms with Crippen LogP contribution in [-0.2, 0) is 0 Å². The molecule has 1 saturated carbocycles. The number of hydrogen-bond acceptors (Lipinski definition) is 2. The summed E-state index contributed by atoms with van der Waals surface area (Å²) in [5, 5.41) is 0. The fourth-order valence-electron chi connectivity index (χ4n) is 3.66. The Kier molecular flexibility index (Phi) is 3.76. The molecule has 0 N–H and O–H groups in total. The van der Waals surface area contributed by atoms with Gasteiger partial charge >= 0.3 is 0 Å². The molecule has 20 heavy (non-hydrogen) atoms. The molecule has 1 aliphatic heterocycles. The van der Waals surface area contributed by atoms with Crippen molar-refractivity contribution in [3.05, 3.63) is 29.6 Å². The predicted molar refractivity (Wildman–Crippen MR) is 79.7 cm³/mol. The molecule has 1 heterocycles. The van der Waals surface area contributed by atoms with Gasteiger partial charge in [0.15, 0.2) is 0 Å². The van der Waals surface area contributed by atoms with Gasteiger partial charge in [-0.2, -0.15) is 0 Å². The van der Waals surface area contributed by atoms with Gasteiger partial charge in [0, 0.05) is 18.0 Å². The van der Waals surface area contributed by atoms with Gasteiger partial charge in [0.1, 0.15) is 5.82 Å². The number of benzene rings is 1. The van der Waals surface area contributed by atoms with Crippen molar-refractivity contribution in [1.29, 1.82) is 0 Å². The Labute approximate surface area is 124 Å². The number of halogens is 1. The van der Waals surface area contributed by atoms with Crippen molar-refractivity contribution in [1.82, 2.24) is 4.90 Å². The van der Waals surface area contributed by atoms with Crippen molar-refractivity contribution in [3.8, 4) is 0 Å². The molecule has 1 aromatic carbocycles. The summed E-state index contributed by atoms with van der Waals surface area (Å²) < 4.78 is 13.8. The number of thiol groups is 1. The molecule has 2 fully saturated rings. The van der Waals surface area contributed by atoms with Gasteiger partial charge in [0.05, 0.1) is 5.56 Å². The average molecular weight is 293 g/mol. The largest absolute Gasteiger partial charge is 0.339 e. The van der Waals surface area contributed by atoms with Crippen LogP contribution >= 0.6 is 12.6 Å². The van der Waals surface area contributed by atoms with Crippen molar-refractivity contribution >= 4 is 18.5 Å². The molecule has 1 aromatic rings. The molecule has 3 rings (SSSR count). The van der Waals surface area contributed by atoms with Crippen LogP contribution in [0.15, 0.2) is 23.1 Å². The minimum absolute atomic E-state index is 0.153. The highest BCUT2D eigenvalue weighted by atomic mass is 32.1. The average Bonchev–Trinajstić information content (AvgIpc) is 2.90. The van der Waals surface area contributed by atoms with Crippen LogP contribution in [0.1, 0.15) is 48.9 Å². The van der Waals surface area contributed by atoms with Crippen molar-refractivity contribution < 1.29 is 9.18 Å². The highest BCUT2D eigenvalue weighted by Gasteiger charge is 2.38. The van der Waals surface area contributed by atoms with E-state index in [-0.39, 0.29) is 11.5 Å². The van der Waals surface area contributed by atoms with Gasteiger partial charge in [-0.15, -0.1) is 12.6 Å². The van der Waals surface area contributed by atoms with Crippen LogP contribution in [0.4, 0.5) is 4.39 Å². The quantitative estimate of drug-likeness (QED) is 0.778. The van der Waals surface area contributed by atoms with Crippen LogP contribution < -0.4 is 0 Å². The second kappa shape index (κ2) is 5.40. The van der Waals surface area contributed by atoms with E-state index in [9.17, 15) is 9.18 Å². The first-order valence-electron chi connectivity index (χ1n) is 7.38. The Morgan fingerprint density at radius 3 is 2.45 bits per heavy atom. The van der Waals surface area contributed by atoms with E-state index in [0.717, 1.165) is 25.9 Å². The smallest absolute Gasteiger partial charge is 0.256 e. The zero-order valence-corrected chi connectivity index (χ0v) is 12.5. The maximum Gasteiger partial charge on any atom is 0.256 e. The fourth-order valence-corrected chi connectivity index (χ4v) is 3.86. The molecule has 0 radical (unpaired) electrons. The Morgan fingerprint density at radius 1 is 1.15 bits per heavy atom. The van der Waals surface area contributed by atoms with Gasteiger partial charge < -0.3 is 4.90 Å². The molecule has 0 aromatic heterocycles. The molecule has 1 spiro atoms. The van der Waals surface area contributed by atoms with Crippen LogP contribution in [0.2, 0.25) is 0 Å². The lowest BCUT2D eigenvalue weighted by Crippen LogP contribution is -2.42. The maximum absolute atomic E-state index is 13.8. The Morgan fingerprint density at radius 2 is 1.80 bits per heavy atom. The van der Waals surface area contributed by atoms with E-state index in [4.69, 9.17) is 0 Å². The number of likely N-dealkylation sites (tertiary alicyclic amines) is 1. The summed E-state index contributed by atoms with van der Waals surface area (Å²) >= 11 is 4.19. The number of hydrogen-bond donors (Lipinski definition) is 1. The normalized spacial score (nSPS) is 21.4. The monoisotopic (exact) mass is 293 g/mol. The highest BCUT2D eigenvalue weighted by molar-refractivity contribution is 7.80. The molecule has 1 aliphatic carbocycles. The second-order valence-corrected chi connectivity index (χ2v) is 6.68. The highest BCUT2D eigenvalue weighted by Crippen LogP contribution is 2.46. The van der Waals surface area contributed by atoms with E-state index in [0.29, 0.717) is 10.3 Å². The van der Waals surface area contributed by atoms with Crippen molar-refractivity contribution in [2.45, 2.75) is 43.4 Å². The van der Waals surface area contributed by atoms with Gasteiger partial charge in [-0.1, -0.05) is 12.8 Å². The molecule has 0 atom stereocenters. The van der Waals surface area contributed by atoms with E-state index in [1.54, 1.807) is 11.0 Å². The van der Waals surface area contributed by atoms with Crippen LogP contribution in [-0.4, -0.2) is 23.9 Å². The summed E-state index contributed by atoms with van der Waals surface area (Å²) in [6, 6.07) is 4.41. The molecular formula is C16H20FNOS. The summed E-state index contributed by atoms with van der Waals surface area (Å²) in [5.41, 5.74) is 0.626. The number of carbonyl (C=O) groups excluding carboxylic acids is 1. The van der Waals surface area contributed by atoms with Crippen LogP contribution in [0.5, 0.6) is 0 Å². The first-order chi connectivity index (χ1) is 9.60. The van der Waals surface area contributed by atoms with Crippen LogP contribution in [0.3, 0.4) is 0 Å². The van der Waals surface area contributed by atoms with Gasteiger partial charge in [0.25, 0.3) is 5.91 Å². The molecular weight excluding hydrogens is 273 g/mol. The second-order valence-electron chi connectivity index (χ2n) is 6.16. The van der Waals surface area contributed by atoms with E-state index in [1.807, 2.05) is 0 Å². The first kappa shape index (κ1) is 13.9. The Balaban J connectivity index is 1.71. The van der Waals surface area contributed by atoms with Crippen molar-refractivity contribution in [3.63, 3.8) is 0 Å². The van der Waals surface area contributed by atoms with E-state index in [2.05, 4.69) is 12.6 Å². The number of carbonyl (C=O) groups is 1. The van der Waals surface area contributed by atoms with E-state index >= 15 is 0 Å². The standard InChI is InChI=1S/C16H20FNOS/c17-14-4-3-12(20)11-13(14)15(19)18-9-7-16(8-10-18)5-1-2-6-16/h3-4,11,20H,1-2,5-10H2.